The summed E-state index contributed by atoms with van der Waals surface area (Å²) in [5.74, 6) is 1.87. The molecule has 1 N–H and O–H groups in total. The number of rotatable bonds is 7. The number of hydrogen-bond acceptors (Lipinski definition) is 3. The average molecular weight is 261 g/mol. The molecule has 17 heavy (non-hydrogen) atoms. The van der Waals surface area contributed by atoms with Crippen molar-refractivity contribution in [3.63, 3.8) is 0 Å². The van der Waals surface area contributed by atoms with Crippen molar-refractivity contribution >= 4 is 9.84 Å². The van der Waals surface area contributed by atoms with Crippen LogP contribution in [0.15, 0.2) is 0 Å². The van der Waals surface area contributed by atoms with Crippen LogP contribution in [-0.4, -0.2) is 32.5 Å². The molecule has 0 spiro atoms. The molecule has 102 valence electrons. The van der Waals surface area contributed by atoms with Crippen molar-refractivity contribution in [2.45, 2.75) is 52.5 Å². The molecule has 4 heteroatoms. The molecule has 1 aliphatic rings. The van der Waals surface area contributed by atoms with Gasteiger partial charge in [0.2, 0.25) is 0 Å². The molecular formula is C13H27NO2S. The van der Waals surface area contributed by atoms with Gasteiger partial charge < -0.3 is 5.32 Å². The lowest BCUT2D eigenvalue weighted by Gasteiger charge is -2.21. The van der Waals surface area contributed by atoms with E-state index in [4.69, 9.17) is 0 Å². The van der Waals surface area contributed by atoms with Gasteiger partial charge in [-0.1, -0.05) is 20.8 Å². The lowest BCUT2D eigenvalue weighted by molar-refractivity contribution is 0.346. The minimum Gasteiger partial charge on any atom is -0.314 e. The van der Waals surface area contributed by atoms with E-state index in [-0.39, 0.29) is 5.75 Å². The predicted octanol–water partition coefficient (Wildman–Crippen LogP) is 2.23. The van der Waals surface area contributed by atoms with Crippen LogP contribution in [0.4, 0.5) is 0 Å². The van der Waals surface area contributed by atoms with E-state index in [9.17, 15) is 8.42 Å². The molecule has 1 fully saturated rings. The van der Waals surface area contributed by atoms with Gasteiger partial charge in [0, 0.05) is 11.8 Å². The molecular weight excluding hydrogens is 234 g/mol. The Morgan fingerprint density at radius 1 is 1.24 bits per heavy atom. The van der Waals surface area contributed by atoms with E-state index < -0.39 is 9.84 Å². The van der Waals surface area contributed by atoms with E-state index in [1.165, 1.54) is 12.8 Å². The van der Waals surface area contributed by atoms with E-state index in [1.807, 2.05) is 0 Å². The smallest absolute Gasteiger partial charge is 0.150 e. The zero-order valence-corrected chi connectivity index (χ0v) is 12.2. The molecule has 0 aromatic heterocycles. The Hall–Kier alpha value is -0.0900. The van der Waals surface area contributed by atoms with E-state index in [2.05, 4.69) is 19.2 Å². The van der Waals surface area contributed by atoms with Gasteiger partial charge in [-0.05, 0) is 44.1 Å². The third kappa shape index (κ3) is 4.59. The van der Waals surface area contributed by atoms with E-state index >= 15 is 0 Å². The zero-order valence-electron chi connectivity index (χ0n) is 11.4. The summed E-state index contributed by atoms with van der Waals surface area (Å²) in [5.41, 5.74) is 0. The van der Waals surface area contributed by atoms with Crippen LogP contribution in [0.2, 0.25) is 0 Å². The monoisotopic (exact) mass is 261 g/mol. The van der Waals surface area contributed by atoms with Crippen LogP contribution in [0, 0.1) is 11.8 Å². The minimum absolute atomic E-state index is 0.283. The van der Waals surface area contributed by atoms with Crippen LogP contribution in [0.3, 0.4) is 0 Å². The third-order valence-electron chi connectivity index (χ3n) is 4.12. The van der Waals surface area contributed by atoms with E-state index in [1.54, 1.807) is 6.92 Å². The van der Waals surface area contributed by atoms with Gasteiger partial charge in [0.25, 0.3) is 0 Å². The van der Waals surface area contributed by atoms with Gasteiger partial charge in [0.1, 0.15) is 9.84 Å². The molecule has 1 saturated carbocycles. The summed E-state index contributed by atoms with van der Waals surface area (Å²) in [5, 5.41) is 3.57. The maximum absolute atomic E-state index is 11.5. The van der Waals surface area contributed by atoms with Crippen molar-refractivity contribution < 1.29 is 8.42 Å². The lowest BCUT2D eigenvalue weighted by atomic mass is 9.93. The molecule has 0 aromatic carbocycles. The molecule has 1 aliphatic carbocycles. The molecule has 0 heterocycles. The summed E-state index contributed by atoms with van der Waals surface area (Å²) in [7, 11) is -2.79. The van der Waals surface area contributed by atoms with Gasteiger partial charge in [0.15, 0.2) is 0 Å². The van der Waals surface area contributed by atoms with Crippen LogP contribution >= 0.6 is 0 Å². The Morgan fingerprint density at radius 3 is 2.53 bits per heavy atom. The molecule has 0 radical (unpaired) electrons. The van der Waals surface area contributed by atoms with Gasteiger partial charge in [0.05, 0.1) is 5.75 Å². The van der Waals surface area contributed by atoms with Crippen molar-refractivity contribution in [1.82, 2.24) is 5.32 Å². The first kappa shape index (κ1) is 15.0. The fourth-order valence-corrected chi connectivity index (χ4v) is 3.70. The fourth-order valence-electron chi connectivity index (χ4n) is 2.75. The van der Waals surface area contributed by atoms with Crippen LogP contribution in [-0.2, 0) is 9.84 Å². The molecule has 0 saturated heterocycles. The SMILES string of the molecule is CCCNC1CCC(CCS(=O)(=O)CC)C1C. The first-order chi connectivity index (χ1) is 8.00. The maximum atomic E-state index is 11.5. The van der Waals surface area contributed by atoms with Crippen LogP contribution < -0.4 is 5.32 Å². The zero-order chi connectivity index (χ0) is 12.9. The Morgan fingerprint density at radius 2 is 1.94 bits per heavy atom. The average Bonchev–Trinajstić information content (AvgIpc) is 2.65. The van der Waals surface area contributed by atoms with Crippen LogP contribution in [0.25, 0.3) is 0 Å². The molecule has 3 atom stereocenters. The van der Waals surface area contributed by atoms with Gasteiger partial charge in [-0.25, -0.2) is 8.42 Å². The van der Waals surface area contributed by atoms with Crippen LogP contribution in [0.5, 0.6) is 0 Å². The Balaban J connectivity index is 2.37. The second-order valence-electron chi connectivity index (χ2n) is 5.28. The Labute approximate surface area is 106 Å². The third-order valence-corrected chi connectivity index (χ3v) is 5.86. The fraction of sp³-hybridized carbons (Fsp3) is 1.00. The minimum atomic E-state index is -2.79. The van der Waals surface area contributed by atoms with Crippen molar-refractivity contribution in [3.8, 4) is 0 Å². The second-order valence-corrected chi connectivity index (χ2v) is 7.75. The highest BCUT2D eigenvalue weighted by Gasteiger charge is 2.32. The van der Waals surface area contributed by atoms with Crippen LogP contribution in [0.1, 0.15) is 46.5 Å². The molecule has 0 bridgehead atoms. The quantitative estimate of drug-likeness (QED) is 0.764. The molecule has 1 rings (SSSR count). The number of hydrogen-bond donors (Lipinski definition) is 1. The largest absolute Gasteiger partial charge is 0.314 e. The summed E-state index contributed by atoms with van der Waals surface area (Å²) in [6.45, 7) is 7.26. The first-order valence-corrected chi connectivity index (χ1v) is 8.76. The van der Waals surface area contributed by atoms with Crippen molar-refractivity contribution in [2.75, 3.05) is 18.1 Å². The molecule has 3 unspecified atom stereocenters. The van der Waals surface area contributed by atoms with Gasteiger partial charge >= 0.3 is 0 Å². The second kappa shape index (κ2) is 6.74. The molecule has 0 aromatic rings. The van der Waals surface area contributed by atoms with Gasteiger partial charge in [-0.15, -0.1) is 0 Å². The van der Waals surface area contributed by atoms with Gasteiger partial charge in [-0.3, -0.25) is 0 Å². The van der Waals surface area contributed by atoms with Crippen molar-refractivity contribution in [1.29, 1.82) is 0 Å². The van der Waals surface area contributed by atoms with E-state index in [0.717, 1.165) is 19.4 Å². The summed E-state index contributed by atoms with van der Waals surface area (Å²) in [6, 6.07) is 0.601. The number of nitrogens with one attached hydrogen (secondary N) is 1. The van der Waals surface area contributed by atoms with Crippen molar-refractivity contribution in [3.05, 3.63) is 0 Å². The highest BCUT2D eigenvalue weighted by molar-refractivity contribution is 7.91. The number of sulfone groups is 1. The predicted molar refractivity (Wildman–Crippen MR) is 72.9 cm³/mol. The van der Waals surface area contributed by atoms with Crippen molar-refractivity contribution in [2.24, 2.45) is 11.8 Å². The topological polar surface area (TPSA) is 46.2 Å². The first-order valence-electron chi connectivity index (χ1n) is 6.94. The summed E-state index contributed by atoms with van der Waals surface area (Å²) < 4.78 is 23.0. The summed E-state index contributed by atoms with van der Waals surface area (Å²) >= 11 is 0. The molecule has 0 aliphatic heterocycles. The lowest BCUT2D eigenvalue weighted by Crippen LogP contribution is -2.33. The van der Waals surface area contributed by atoms with E-state index in [0.29, 0.717) is 23.6 Å². The Kier molecular flexibility index (Phi) is 5.93. The Bertz CT molecular complexity index is 313. The highest BCUT2D eigenvalue weighted by Crippen LogP contribution is 2.34. The summed E-state index contributed by atoms with van der Waals surface area (Å²) in [4.78, 5) is 0. The standard InChI is InChI=1S/C13H27NO2S/c1-4-9-14-13-7-6-12(11(13)3)8-10-17(15,16)5-2/h11-14H,4-10H2,1-3H3. The van der Waals surface area contributed by atoms with Gasteiger partial charge in [-0.2, -0.15) is 0 Å². The molecule has 0 amide bonds. The summed E-state index contributed by atoms with van der Waals surface area (Å²) in [6.07, 6.45) is 4.40. The molecule has 3 nitrogen and oxygen atoms in total. The maximum Gasteiger partial charge on any atom is 0.150 e. The normalized spacial score (nSPS) is 29.7. The highest BCUT2D eigenvalue weighted by atomic mass is 32.2.